The van der Waals surface area contributed by atoms with Crippen molar-refractivity contribution in [3.05, 3.63) is 23.9 Å². The Labute approximate surface area is 113 Å². The lowest BCUT2D eigenvalue weighted by atomic mass is 10.2. The number of ketones is 1. The Morgan fingerprint density at radius 3 is 2.61 bits per heavy atom. The highest BCUT2D eigenvalue weighted by Crippen LogP contribution is 2.31. The fraction of sp³-hybridized carbons (Fsp3) is 0.273. The summed E-state index contributed by atoms with van der Waals surface area (Å²) >= 11 is 2.95. The van der Waals surface area contributed by atoms with Crippen LogP contribution in [-0.2, 0) is 0 Å². The van der Waals surface area contributed by atoms with Gasteiger partial charge < -0.3 is 4.90 Å². The van der Waals surface area contributed by atoms with E-state index in [1.165, 1.54) is 30.0 Å². The molecule has 94 valence electrons. The zero-order valence-electron chi connectivity index (χ0n) is 10.2. The minimum atomic E-state index is 0.0184. The van der Waals surface area contributed by atoms with Gasteiger partial charge in [-0.3, -0.25) is 4.79 Å². The molecule has 5 nitrogen and oxygen atoms in total. The molecule has 18 heavy (non-hydrogen) atoms. The lowest BCUT2D eigenvalue weighted by Crippen LogP contribution is -2.07. The molecule has 0 fully saturated rings. The van der Waals surface area contributed by atoms with E-state index in [4.69, 9.17) is 0 Å². The van der Waals surface area contributed by atoms with Crippen LogP contribution in [0.5, 0.6) is 0 Å². The van der Waals surface area contributed by atoms with Crippen LogP contribution in [0, 0.1) is 0 Å². The molecular formula is C11H12N4OS2. The first-order chi connectivity index (χ1) is 8.56. The zero-order valence-corrected chi connectivity index (χ0v) is 11.9. The van der Waals surface area contributed by atoms with Gasteiger partial charge in [-0.2, -0.15) is 0 Å². The molecule has 0 unspecified atom stereocenters. The van der Waals surface area contributed by atoms with Crippen LogP contribution >= 0.6 is 23.1 Å². The van der Waals surface area contributed by atoms with Gasteiger partial charge >= 0.3 is 0 Å². The predicted molar refractivity (Wildman–Crippen MR) is 72.6 cm³/mol. The number of aromatic nitrogens is 3. The molecule has 0 saturated carbocycles. The van der Waals surface area contributed by atoms with Gasteiger partial charge in [0.15, 0.2) is 10.1 Å². The van der Waals surface area contributed by atoms with Gasteiger partial charge in [-0.15, -0.1) is 10.2 Å². The molecule has 2 aromatic heterocycles. The Kier molecular flexibility index (Phi) is 3.93. The molecule has 0 spiro atoms. The molecule has 0 atom stereocenters. The fourth-order valence-electron chi connectivity index (χ4n) is 1.16. The lowest BCUT2D eigenvalue weighted by molar-refractivity contribution is 0.101. The van der Waals surface area contributed by atoms with E-state index in [0.717, 1.165) is 14.5 Å². The standard InChI is InChI=1S/C11H12N4OS2/c1-7(16)8-4-5-9(12-6-8)17-11-14-13-10(18-11)15(2)3/h4-6H,1-3H3. The van der Waals surface area contributed by atoms with Crippen molar-refractivity contribution in [3.8, 4) is 0 Å². The maximum Gasteiger partial charge on any atom is 0.208 e. The summed E-state index contributed by atoms with van der Waals surface area (Å²) in [5.74, 6) is 0.0184. The maximum atomic E-state index is 11.1. The van der Waals surface area contributed by atoms with E-state index in [-0.39, 0.29) is 5.78 Å². The summed E-state index contributed by atoms with van der Waals surface area (Å²) in [6.07, 6.45) is 1.58. The van der Waals surface area contributed by atoms with Crippen molar-refractivity contribution in [1.29, 1.82) is 0 Å². The van der Waals surface area contributed by atoms with E-state index in [1.807, 2.05) is 25.1 Å². The van der Waals surface area contributed by atoms with Crippen molar-refractivity contribution in [2.75, 3.05) is 19.0 Å². The molecule has 0 bridgehead atoms. The Hall–Kier alpha value is -1.47. The Morgan fingerprint density at radius 1 is 1.33 bits per heavy atom. The van der Waals surface area contributed by atoms with Crippen molar-refractivity contribution >= 4 is 34.0 Å². The van der Waals surface area contributed by atoms with E-state index in [9.17, 15) is 4.79 Å². The zero-order chi connectivity index (χ0) is 13.1. The summed E-state index contributed by atoms with van der Waals surface area (Å²) in [5.41, 5.74) is 0.616. The number of carbonyl (C=O) groups is 1. The summed E-state index contributed by atoms with van der Waals surface area (Å²) in [4.78, 5) is 17.2. The Bertz CT molecular complexity index is 550. The van der Waals surface area contributed by atoms with E-state index < -0.39 is 0 Å². The number of hydrogen-bond donors (Lipinski definition) is 0. The second-order valence-electron chi connectivity index (χ2n) is 3.79. The third-order valence-electron chi connectivity index (χ3n) is 2.11. The van der Waals surface area contributed by atoms with Gasteiger partial charge in [0.2, 0.25) is 5.13 Å². The summed E-state index contributed by atoms with van der Waals surface area (Å²) < 4.78 is 0.835. The third-order valence-corrected chi connectivity index (χ3v) is 4.21. The summed E-state index contributed by atoms with van der Waals surface area (Å²) in [6.45, 7) is 1.53. The minimum Gasteiger partial charge on any atom is -0.353 e. The quantitative estimate of drug-likeness (QED) is 0.801. The van der Waals surface area contributed by atoms with Gasteiger partial charge in [-0.05, 0) is 30.8 Å². The largest absolute Gasteiger partial charge is 0.353 e. The predicted octanol–water partition coefficient (Wildman–Crippen LogP) is 2.35. The topological polar surface area (TPSA) is 59.0 Å². The van der Waals surface area contributed by atoms with Crippen LogP contribution in [0.15, 0.2) is 27.7 Å². The third kappa shape index (κ3) is 3.05. The highest BCUT2D eigenvalue weighted by molar-refractivity contribution is 8.01. The molecule has 0 aromatic carbocycles. The van der Waals surface area contributed by atoms with Crippen molar-refractivity contribution in [2.45, 2.75) is 16.3 Å². The first-order valence-electron chi connectivity index (χ1n) is 5.22. The molecule has 2 aromatic rings. The maximum absolute atomic E-state index is 11.1. The van der Waals surface area contributed by atoms with E-state index in [0.29, 0.717) is 5.56 Å². The number of pyridine rings is 1. The lowest BCUT2D eigenvalue weighted by Gasteiger charge is -2.03. The first-order valence-corrected chi connectivity index (χ1v) is 6.85. The second-order valence-corrected chi connectivity index (χ2v) is 6.01. The molecule has 0 aliphatic rings. The van der Waals surface area contributed by atoms with Crippen molar-refractivity contribution in [3.63, 3.8) is 0 Å². The molecule has 0 aliphatic heterocycles. The summed E-state index contributed by atoms with van der Waals surface area (Å²) in [5, 5.41) is 9.79. The highest BCUT2D eigenvalue weighted by atomic mass is 32.2. The SMILES string of the molecule is CC(=O)c1ccc(Sc2nnc(N(C)C)s2)nc1. The molecule has 0 N–H and O–H groups in total. The molecule has 2 heterocycles. The molecular weight excluding hydrogens is 268 g/mol. The number of carbonyl (C=O) groups excluding carboxylic acids is 1. The average molecular weight is 280 g/mol. The highest BCUT2D eigenvalue weighted by Gasteiger charge is 2.08. The number of hydrogen-bond acceptors (Lipinski definition) is 7. The van der Waals surface area contributed by atoms with E-state index in [1.54, 1.807) is 12.3 Å². The fourth-order valence-corrected chi connectivity index (χ4v) is 2.81. The van der Waals surface area contributed by atoms with Crippen molar-refractivity contribution in [1.82, 2.24) is 15.2 Å². The number of Topliss-reactive ketones (excluding diaryl/α,β-unsaturated/α-hetero) is 1. The monoisotopic (exact) mass is 280 g/mol. The average Bonchev–Trinajstić information content (AvgIpc) is 2.78. The van der Waals surface area contributed by atoms with Gasteiger partial charge in [-0.25, -0.2) is 4.98 Å². The van der Waals surface area contributed by atoms with E-state index >= 15 is 0 Å². The van der Waals surface area contributed by atoms with Crippen LogP contribution < -0.4 is 4.90 Å². The molecule has 7 heteroatoms. The van der Waals surface area contributed by atoms with Gasteiger partial charge in [-0.1, -0.05) is 11.3 Å². The number of nitrogens with zero attached hydrogens (tertiary/aromatic N) is 4. The smallest absolute Gasteiger partial charge is 0.208 e. The normalized spacial score (nSPS) is 10.4. The van der Waals surface area contributed by atoms with Gasteiger partial charge in [0.25, 0.3) is 0 Å². The Balaban J connectivity index is 2.10. The molecule has 2 rings (SSSR count). The molecule has 0 saturated heterocycles. The minimum absolute atomic E-state index is 0.0184. The van der Waals surface area contributed by atoms with Gasteiger partial charge in [0.05, 0.1) is 0 Å². The van der Waals surface area contributed by atoms with Gasteiger partial charge in [0, 0.05) is 25.9 Å². The first kappa shape index (κ1) is 13.0. The van der Waals surface area contributed by atoms with Crippen LogP contribution in [0.25, 0.3) is 0 Å². The van der Waals surface area contributed by atoms with Crippen LogP contribution in [0.4, 0.5) is 5.13 Å². The van der Waals surface area contributed by atoms with Crippen LogP contribution in [0.3, 0.4) is 0 Å². The second kappa shape index (κ2) is 5.45. The van der Waals surface area contributed by atoms with Gasteiger partial charge in [0.1, 0.15) is 5.03 Å². The van der Waals surface area contributed by atoms with Crippen LogP contribution in [0.2, 0.25) is 0 Å². The van der Waals surface area contributed by atoms with Crippen LogP contribution in [-0.4, -0.2) is 35.1 Å². The van der Waals surface area contributed by atoms with E-state index in [2.05, 4.69) is 15.2 Å². The number of anilines is 1. The molecule has 0 amide bonds. The van der Waals surface area contributed by atoms with Crippen molar-refractivity contribution < 1.29 is 4.79 Å². The molecule has 0 radical (unpaired) electrons. The van der Waals surface area contributed by atoms with Crippen LogP contribution in [0.1, 0.15) is 17.3 Å². The molecule has 0 aliphatic carbocycles. The summed E-state index contributed by atoms with van der Waals surface area (Å²) in [7, 11) is 3.85. The number of rotatable bonds is 4. The Morgan fingerprint density at radius 2 is 2.11 bits per heavy atom. The van der Waals surface area contributed by atoms with Crippen molar-refractivity contribution in [2.24, 2.45) is 0 Å². The summed E-state index contributed by atoms with van der Waals surface area (Å²) in [6, 6.07) is 3.59.